The smallest absolute Gasteiger partial charge is 0.249 e. The molecule has 5 N–H and O–H groups in total. The molecule has 6 heteroatoms. The maximum absolute atomic E-state index is 10.7. The van der Waals surface area contributed by atoms with Crippen LogP contribution in [0.15, 0.2) is 18.2 Å². The molecule has 2 unspecified atom stereocenters. The van der Waals surface area contributed by atoms with E-state index in [2.05, 4.69) is 0 Å². The number of aldehydes is 1. The number of benzene rings is 1. The fourth-order valence-corrected chi connectivity index (χ4v) is 1.28. The van der Waals surface area contributed by atoms with Gasteiger partial charge >= 0.3 is 0 Å². The van der Waals surface area contributed by atoms with Gasteiger partial charge in [0, 0.05) is 0 Å². The molecule has 0 bridgehead atoms. The summed E-state index contributed by atoms with van der Waals surface area (Å²) in [6, 6.07) is 3.92. The Hall–Kier alpha value is -1.92. The van der Waals surface area contributed by atoms with Gasteiger partial charge in [-0.2, -0.15) is 0 Å². The molecule has 0 fully saturated rings. The number of hydrogen-bond acceptors (Lipinski definition) is 5. The van der Waals surface area contributed by atoms with E-state index in [0.29, 0.717) is 6.29 Å². The average Bonchev–Trinajstić information content (AvgIpc) is 2.26. The number of carbonyl (C=O) groups excluding carboxylic acids is 2. The highest BCUT2D eigenvalue weighted by molar-refractivity contribution is 5.84. The van der Waals surface area contributed by atoms with Crippen LogP contribution in [0, 0.1) is 0 Å². The third-order valence-electron chi connectivity index (χ3n) is 2.14. The van der Waals surface area contributed by atoms with E-state index in [1.165, 1.54) is 18.2 Å². The van der Waals surface area contributed by atoms with E-state index in [-0.39, 0.29) is 16.9 Å². The largest absolute Gasteiger partial charge is 0.507 e. The molecule has 0 spiro atoms. The standard InChI is InChI=1S/C10H11NO5/c11-10(16)9(15)8(14)5-2-1-3-7(13)6(5)4-12/h1-4,8-9,13-15H,(H2,11,16). The first-order valence-corrected chi connectivity index (χ1v) is 4.41. The molecule has 1 rings (SSSR count). The molecule has 2 atom stereocenters. The zero-order valence-electron chi connectivity index (χ0n) is 8.20. The number of hydrogen-bond donors (Lipinski definition) is 4. The quantitative estimate of drug-likeness (QED) is 0.494. The van der Waals surface area contributed by atoms with E-state index < -0.39 is 18.1 Å². The number of carbonyl (C=O) groups is 2. The molecule has 6 nitrogen and oxygen atoms in total. The third-order valence-corrected chi connectivity index (χ3v) is 2.14. The normalized spacial score (nSPS) is 14.1. The van der Waals surface area contributed by atoms with Gasteiger partial charge in [-0.25, -0.2) is 0 Å². The number of aromatic hydroxyl groups is 1. The van der Waals surface area contributed by atoms with Gasteiger partial charge in [0.15, 0.2) is 12.4 Å². The molecule has 1 aromatic carbocycles. The Bertz CT molecular complexity index is 418. The molecule has 1 aromatic rings. The van der Waals surface area contributed by atoms with Gasteiger partial charge in [0.1, 0.15) is 11.9 Å². The number of amides is 1. The Labute approximate surface area is 90.9 Å². The van der Waals surface area contributed by atoms with Crippen LogP contribution < -0.4 is 5.73 Å². The Morgan fingerprint density at radius 2 is 2.00 bits per heavy atom. The van der Waals surface area contributed by atoms with Gasteiger partial charge in [-0.1, -0.05) is 12.1 Å². The van der Waals surface area contributed by atoms with Crippen molar-refractivity contribution in [3.63, 3.8) is 0 Å². The van der Waals surface area contributed by atoms with Crippen LogP contribution in [0.25, 0.3) is 0 Å². The molecular formula is C10H11NO5. The summed E-state index contributed by atoms with van der Waals surface area (Å²) < 4.78 is 0. The van der Waals surface area contributed by atoms with E-state index in [0.717, 1.165) is 0 Å². The summed E-state index contributed by atoms with van der Waals surface area (Å²) in [5.74, 6) is -1.46. The monoisotopic (exact) mass is 225 g/mol. The summed E-state index contributed by atoms with van der Waals surface area (Å²) in [5, 5.41) is 28.1. The molecule has 0 aliphatic rings. The van der Waals surface area contributed by atoms with E-state index in [1.54, 1.807) is 0 Å². The topological polar surface area (TPSA) is 121 Å². The molecule has 0 aliphatic carbocycles. The Balaban J connectivity index is 3.17. The summed E-state index contributed by atoms with van der Waals surface area (Å²) in [6.07, 6.45) is -3.16. The summed E-state index contributed by atoms with van der Waals surface area (Å²) in [7, 11) is 0. The summed E-state index contributed by atoms with van der Waals surface area (Å²) >= 11 is 0. The van der Waals surface area contributed by atoms with Gasteiger partial charge in [-0.15, -0.1) is 0 Å². The molecule has 0 heterocycles. The minimum absolute atomic E-state index is 0.0544. The number of aliphatic hydroxyl groups is 2. The lowest BCUT2D eigenvalue weighted by atomic mass is 9.98. The van der Waals surface area contributed by atoms with Crippen LogP contribution in [0.1, 0.15) is 22.0 Å². The minimum atomic E-state index is -1.83. The number of rotatable bonds is 4. The first-order chi connectivity index (χ1) is 7.49. The van der Waals surface area contributed by atoms with E-state index >= 15 is 0 Å². The molecule has 1 amide bonds. The van der Waals surface area contributed by atoms with Crippen molar-refractivity contribution >= 4 is 12.2 Å². The Morgan fingerprint density at radius 3 is 2.50 bits per heavy atom. The van der Waals surface area contributed by atoms with E-state index in [1.807, 2.05) is 0 Å². The maximum Gasteiger partial charge on any atom is 0.249 e. The number of phenolic OH excluding ortho intramolecular Hbond substituents is 1. The van der Waals surface area contributed by atoms with Gasteiger partial charge in [0.2, 0.25) is 5.91 Å². The highest BCUT2D eigenvalue weighted by Gasteiger charge is 2.26. The Kier molecular flexibility index (Phi) is 3.60. The molecule has 0 radical (unpaired) electrons. The average molecular weight is 225 g/mol. The fraction of sp³-hybridized carbons (Fsp3) is 0.200. The van der Waals surface area contributed by atoms with Crippen LogP contribution in [0.2, 0.25) is 0 Å². The van der Waals surface area contributed by atoms with Crippen molar-refractivity contribution in [2.75, 3.05) is 0 Å². The van der Waals surface area contributed by atoms with Crippen molar-refractivity contribution in [3.05, 3.63) is 29.3 Å². The lowest BCUT2D eigenvalue weighted by Gasteiger charge is -2.17. The predicted octanol–water partition coefficient (Wildman–Crippen LogP) is -0.916. The van der Waals surface area contributed by atoms with Gasteiger partial charge in [-0.3, -0.25) is 9.59 Å². The molecule has 0 aliphatic heterocycles. The van der Waals surface area contributed by atoms with Crippen LogP contribution in [0.4, 0.5) is 0 Å². The lowest BCUT2D eigenvalue weighted by molar-refractivity contribution is -0.132. The Morgan fingerprint density at radius 1 is 1.38 bits per heavy atom. The third kappa shape index (κ3) is 2.18. The van der Waals surface area contributed by atoms with Gasteiger partial charge < -0.3 is 21.1 Å². The first-order valence-electron chi connectivity index (χ1n) is 4.41. The SMILES string of the molecule is NC(=O)C(O)C(O)c1cccc(O)c1C=O. The van der Waals surface area contributed by atoms with Crippen LogP contribution in [-0.2, 0) is 4.79 Å². The molecule has 0 saturated heterocycles. The van der Waals surface area contributed by atoms with Gasteiger partial charge in [0.25, 0.3) is 0 Å². The van der Waals surface area contributed by atoms with Gasteiger partial charge in [0.05, 0.1) is 5.56 Å². The van der Waals surface area contributed by atoms with Crippen molar-refractivity contribution in [2.24, 2.45) is 5.73 Å². The van der Waals surface area contributed by atoms with E-state index in [4.69, 9.17) is 5.73 Å². The lowest BCUT2D eigenvalue weighted by Crippen LogP contribution is -2.34. The first kappa shape index (κ1) is 12.2. The number of phenols is 1. The number of nitrogens with two attached hydrogens (primary N) is 1. The van der Waals surface area contributed by atoms with Crippen molar-refractivity contribution in [1.29, 1.82) is 0 Å². The number of primary amides is 1. The molecule has 0 saturated carbocycles. The van der Waals surface area contributed by atoms with Crippen LogP contribution >= 0.6 is 0 Å². The van der Waals surface area contributed by atoms with Crippen molar-refractivity contribution in [2.45, 2.75) is 12.2 Å². The van der Waals surface area contributed by atoms with Crippen molar-refractivity contribution in [1.82, 2.24) is 0 Å². The molecule has 16 heavy (non-hydrogen) atoms. The second-order valence-electron chi connectivity index (χ2n) is 3.19. The van der Waals surface area contributed by atoms with Crippen LogP contribution in [0.5, 0.6) is 5.75 Å². The fourth-order valence-electron chi connectivity index (χ4n) is 1.28. The zero-order chi connectivity index (χ0) is 12.3. The highest BCUT2D eigenvalue weighted by atomic mass is 16.3. The van der Waals surface area contributed by atoms with Gasteiger partial charge in [-0.05, 0) is 11.6 Å². The van der Waals surface area contributed by atoms with E-state index in [9.17, 15) is 24.9 Å². The molecule has 0 aromatic heterocycles. The summed E-state index contributed by atoms with van der Waals surface area (Å²) in [4.78, 5) is 21.3. The minimum Gasteiger partial charge on any atom is -0.507 e. The second-order valence-corrected chi connectivity index (χ2v) is 3.19. The van der Waals surface area contributed by atoms with Crippen LogP contribution in [-0.4, -0.2) is 33.6 Å². The predicted molar refractivity (Wildman–Crippen MR) is 53.7 cm³/mol. The molecule has 86 valence electrons. The van der Waals surface area contributed by atoms with Crippen LogP contribution in [0.3, 0.4) is 0 Å². The zero-order valence-corrected chi connectivity index (χ0v) is 8.20. The highest BCUT2D eigenvalue weighted by Crippen LogP contribution is 2.26. The summed E-state index contributed by atoms with van der Waals surface area (Å²) in [6.45, 7) is 0. The van der Waals surface area contributed by atoms with Crippen molar-refractivity contribution in [3.8, 4) is 5.75 Å². The maximum atomic E-state index is 10.7. The van der Waals surface area contributed by atoms with Crippen molar-refractivity contribution < 1.29 is 24.9 Å². The summed E-state index contributed by atoms with van der Waals surface area (Å²) in [5.41, 5.74) is 4.56. The molecular weight excluding hydrogens is 214 g/mol. The second kappa shape index (κ2) is 4.73. The number of aliphatic hydroxyl groups excluding tert-OH is 2.